The Bertz CT molecular complexity index is 896. The summed E-state index contributed by atoms with van der Waals surface area (Å²) >= 11 is 0. The molecule has 3 aromatic rings. The maximum Gasteiger partial charge on any atom is 0.203 e. The van der Waals surface area contributed by atoms with Crippen molar-refractivity contribution in [2.24, 2.45) is 7.05 Å². The molecule has 20 heavy (non-hydrogen) atoms. The van der Waals surface area contributed by atoms with Crippen molar-refractivity contribution >= 4 is 21.8 Å². The Labute approximate surface area is 114 Å². The van der Waals surface area contributed by atoms with Crippen molar-refractivity contribution in [1.82, 2.24) is 4.57 Å². The highest BCUT2D eigenvalue weighted by Crippen LogP contribution is 2.41. The second-order valence-electron chi connectivity index (χ2n) is 4.58. The lowest BCUT2D eigenvalue weighted by Crippen LogP contribution is -2.09. The molecule has 0 unspecified atom stereocenters. The number of phenols is 2. The number of rotatable bonds is 1. The number of methoxy groups -OCH3 is 1. The number of phenolic OH excluding ortho intramolecular Hbond substituents is 2. The molecule has 0 aliphatic rings. The number of benzene rings is 2. The van der Waals surface area contributed by atoms with Crippen LogP contribution in [-0.4, -0.2) is 21.9 Å². The maximum absolute atomic E-state index is 12.5. The minimum atomic E-state index is -0.339. The molecule has 1 heterocycles. The van der Waals surface area contributed by atoms with Gasteiger partial charge < -0.3 is 19.5 Å². The van der Waals surface area contributed by atoms with Gasteiger partial charge in [0.05, 0.1) is 23.5 Å². The first kappa shape index (κ1) is 12.3. The Morgan fingerprint density at radius 1 is 1.15 bits per heavy atom. The van der Waals surface area contributed by atoms with Crippen molar-refractivity contribution < 1.29 is 14.9 Å². The van der Waals surface area contributed by atoms with Gasteiger partial charge in [-0.15, -0.1) is 0 Å². The maximum atomic E-state index is 12.5. The van der Waals surface area contributed by atoms with Crippen LogP contribution in [-0.2, 0) is 7.05 Å². The molecule has 0 spiro atoms. The number of hydrogen-bond acceptors (Lipinski definition) is 4. The molecule has 0 aliphatic heterocycles. The topological polar surface area (TPSA) is 71.7 Å². The van der Waals surface area contributed by atoms with E-state index >= 15 is 0 Å². The number of para-hydroxylation sites is 1. The highest BCUT2D eigenvalue weighted by Gasteiger charge is 2.18. The standard InChI is InChI=1S/C15H13NO4/c1-16-9-6-4-3-5-8(9)13(18)12-10(16)7-11(17)15(20-2)14(12)19/h3-7,17,19H,1-2H3. The molecule has 0 saturated carbocycles. The van der Waals surface area contributed by atoms with Gasteiger partial charge in [0, 0.05) is 18.5 Å². The second-order valence-corrected chi connectivity index (χ2v) is 4.58. The summed E-state index contributed by atoms with van der Waals surface area (Å²) in [7, 11) is 3.10. The third kappa shape index (κ3) is 1.46. The molecule has 1 aromatic heterocycles. The van der Waals surface area contributed by atoms with Crippen LogP contribution >= 0.6 is 0 Å². The lowest BCUT2D eigenvalue weighted by atomic mass is 10.1. The van der Waals surface area contributed by atoms with Gasteiger partial charge in [-0.3, -0.25) is 4.79 Å². The van der Waals surface area contributed by atoms with Gasteiger partial charge in [0.25, 0.3) is 0 Å². The summed E-state index contributed by atoms with van der Waals surface area (Å²) in [6, 6.07) is 8.53. The van der Waals surface area contributed by atoms with E-state index < -0.39 is 0 Å². The van der Waals surface area contributed by atoms with Gasteiger partial charge in [0.2, 0.25) is 11.2 Å². The largest absolute Gasteiger partial charge is 0.504 e. The number of hydrogen-bond donors (Lipinski definition) is 2. The SMILES string of the molecule is COc1c(O)cc2c(c1O)c(=O)c1ccccc1n2C. The van der Waals surface area contributed by atoms with Gasteiger partial charge in [-0.25, -0.2) is 0 Å². The molecule has 5 heteroatoms. The first-order chi connectivity index (χ1) is 9.56. The molecule has 5 nitrogen and oxygen atoms in total. The summed E-state index contributed by atoms with van der Waals surface area (Å²) in [5.74, 6) is -0.637. The van der Waals surface area contributed by atoms with E-state index in [-0.39, 0.29) is 28.1 Å². The molecule has 3 rings (SSSR count). The summed E-state index contributed by atoms with van der Waals surface area (Å²) in [6.45, 7) is 0. The van der Waals surface area contributed by atoms with Crippen LogP contribution in [0, 0.1) is 0 Å². The minimum absolute atomic E-state index is 0.0927. The van der Waals surface area contributed by atoms with E-state index in [1.807, 2.05) is 12.1 Å². The highest BCUT2D eigenvalue weighted by atomic mass is 16.5. The smallest absolute Gasteiger partial charge is 0.203 e. The van der Waals surface area contributed by atoms with E-state index in [9.17, 15) is 15.0 Å². The van der Waals surface area contributed by atoms with Crippen LogP contribution in [0.1, 0.15) is 0 Å². The Morgan fingerprint density at radius 2 is 1.85 bits per heavy atom. The molecular weight excluding hydrogens is 258 g/mol. The predicted molar refractivity (Wildman–Crippen MR) is 76.6 cm³/mol. The van der Waals surface area contributed by atoms with E-state index in [2.05, 4.69) is 0 Å². The van der Waals surface area contributed by atoms with Crippen molar-refractivity contribution in [3.63, 3.8) is 0 Å². The van der Waals surface area contributed by atoms with Crippen LogP contribution < -0.4 is 10.2 Å². The molecule has 0 bridgehead atoms. The van der Waals surface area contributed by atoms with Crippen LogP contribution in [0.4, 0.5) is 0 Å². The van der Waals surface area contributed by atoms with Crippen molar-refractivity contribution in [3.05, 3.63) is 40.6 Å². The number of ether oxygens (including phenoxy) is 1. The van der Waals surface area contributed by atoms with Crippen LogP contribution in [0.3, 0.4) is 0 Å². The third-order valence-corrected chi connectivity index (χ3v) is 3.52. The van der Waals surface area contributed by atoms with Gasteiger partial charge in [0.15, 0.2) is 11.5 Å². The molecule has 0 aliphatic carbocycles. The van der Waals surface area contributed by atoms with Crippen molar-refractivity contribution in [1.29, 1.82) is 0 Å². The average Bonchev–Trinajstić information content (AvgIpc) is 2.45. The Kier molecular flexibility index (Phi) is 2.57. The fourth-order valence-electron chi connectivity index (χ4n) is 2.54. The summed E-state index contributed by atoms with van der Waals surface area (Å²) < 4.78 is 6.70. The van der Waals surface area contributed by atoms with Crippen molar-refractivity contribution in [3.8, 4) is 17.2 Å². The number of aromatic nitrogens is 1. The summed E-state index contributed by atoms with van der Waals surface area (Å²) in [5, 5.41) is 20.7. The third-order valence-electron chi connectivity index (χ3n) is 3.52. The van der Waals surface area contributed by atoms with E-state index in [4.69, 9.17) is 4.74 Å². The van der Waals surface area contributed by atoms with Crippen LogP contribution in [0.25, 0.3) is 21.8 Å². The molecule has 2 N–H and O–H groups in total. The minimum Gasteiger partial charge on any atom is -0.504 e. The van der Waals surface area contributed by atoms with Crippen LogP contribution in [0.2, 0.25) is 0 Å². The van der Waals surface area contributed by atoms with E-state index in [0.717, 1.165) is 5.52 Å². The molecule has 0 radical (unpaired) electrons. The molecule has 0 fully saturated rings. The number of fused-ring (bicyclic) bond motifs is 2. The number of nitrogens with zero attached hydrogens (tertiary/aromatic N) is 1. The Morgan fingerprint density at radius 3 is 2.55 bits per heavy atom. The van der Waals surface area contributed by atoms with Crippen LogP contribution in [0.15, 0.2) is 35.1 Å². The zero-order chi connectivity index (χ0) is 14.4. The van der Waals surface area contributed by atoms with Gasteiger partial charge >= 0.3 is 0 Å². The molecule has 2 aromatic carbocycles. The lowest BCUT2D eigenvalue weighted by Gasteiger charge is -2.14. The molecule has 0 saturated heterocycles. The quantitative estimate of drug-likeness (QED) is 0.665. The summed E-state index contributed by atoms with van der Waals surface area (Å²) in [5.41, 5.74) is 0.892. The fraction of sp³-hybridized carbons (Fsp3) is 0.133. The lowest BCUT2D eigenvalue weighted by molar-refractivity contribution is 0.347. The van der Waals surface area contributed by atoms with Gasteiger partial charge in [-0.05, 0) is 12.1 Å². The first-order valence-corrected chi connectivity index (χ1v) is 6.06. The van der Waals surface area contributed by atoms with Crippen molar-refractivity contribution in [2.45, 2.75) is 0 Å². The predicted octanol–water partition coefficient (Wildman–Crippen LogP) is 2.11. The van der Waals surface area contributed by atoms with Crippen molar-refractivity contribution in [2.75, 3.05) is 7.11 Å². The molecule has 0 amide bonds. The summed E-state index contributed by atoms with van der Waals surface area (Å²) in [6.07, 6.45) is 0. The monoisotopic (exact) mass is 271 g/mol. The van der Waals surface area contributed by atoms with E-state index in [1.54, 1.807) is 23.7 Å². The van der Waals surface area contributed by atoms with Crippen LogP contribution in [0.5, 0.6) is 17.2 Å². The molecule has 0 atom stereocenters. The van der Waals surface area contributed by atoms with Gasteiger partial charge in [0.1, 0.15) is 0 Å². The Balaban J connectivity index is 2.67. The summed E-state index contributed by atoms with van der Waals surface area (Å²) in [4.78, 5) is 12.5. The van der Waals surface area contributed by atoms with E-state index in [0.29, 0.717) is 10.9 Å². The van der Waals surface area contributed by atoms with Gasteiger partial charge in [-0.1, -0.05) is 12.1 Å². The average molecular weight is 271 g/mol. The second kappa shape index (κ2) is 4.16. The first-order valence-electron chi connectivity index (χ1n) is 6.06. The highest BCUT2D eigenvalue weighted by molar-refractivity contribution is 5.98. The molecule has 102 valence electrons. The Hall–Kier alpha value is -2.69. The van der Waals surface area contributed by atoms with Gasteiger partial charge in [-0.2, -0.15) is 0 Å². The number of aryl methyl sites for hydroxylation is 1. The molecular formula is C15H13NO4. The number of aromatic hydroxyl groups is 2. The number of pyridine rings is 1. The fourth-order valence-corrected chi connectivity index (χ4v) is 2.54. The zero-order valence-corrected chi connectivity index (χ0v) is 11.0. The zero-order valence-electron chi connectivity index (χ0n) is 11.0. The normalized spacial score (nSPS) is 11.1. The van der Waals surface area contributed by atoms with E-state index in [1.165, 1.54) is 13.2 Å².